The first-order chi connectivity index (χ1) is 9.20. The Balaban J connectivity index is 2.10. The van der Waals surface area contributed by atoms with E-state index in [1.165, 1.54) is 11.8 Å². The Hall–Kier alpha value is -1.13. The maximum absolute atomic E-state index is 13.8. The summed E-state index contributed by atoms with van der Waals surface area (Å²) < 4.78 is 16.7. The summed E-state index contributed by atoms with van der Waals surface area (Å²) in [5, 5.41) is 3.37. The van der Waals surface area contributed by atoms with Gasteiger partial charge in [-0.2, -0.15) is 0 Å². The molecule has 4 heteroatoms. The van der Waals surface area contributed by atoms with Gasteiger partial charge in [0, 0.05) is 28.5 Å². The zero-order valence-corrected chi connectivity index (χ0v) is 12.6. The first-order valence-electron chi connectivity index (χ1n) is 6.49. The number of nitrogens with zero attached hydrogens (tertiary/aromatic N) is 1. The molecule has 1 N–H and O–H groups in total. The molecule has 0 spiro atoms. The highest BCUT2D eigenvalue weighted by Crippen LogP contribution is 2.17. The van der Waals surface area contributed by atoms with Gasteiger partial charge in [0.05, 0.1) is 6.54 Å². The van der Waals surface area contributed by atoms with E-state index in [1.54, 1.807) is 6.07 Å². The largest absolute Gasteiger partial charge is 0.346 e. The average molecular weight is 325 g/mol. The fraction of sp³-hybridized carbons (Fsp3) is 0.333. The summed E-state index contributed by atoms with van der Waals surface area (Å²) in [5.74, 6) is -0.163. The van der Waals surface area contributed by atoms with Crippen molar-refractivity contribution in [3.8, 4) is 0 Å². The van der Waals surface area contributed by atoms with Crippen LogP contribution in [0.4, 0.5) is 4.39 Å². The molecular weight excluding hydrogens is 307 g/mol. The lowest BCUT2D eigenvalue weighted by atomic mass is 10.2. The van der Waals surface area contributed by atoms with E-state index < -0.39 is 0 Å². The minimum atomic E-state index is -0.163. The van der Waals surface area contributed by atoms with E-state index in [2.05, 4.69) is 38.8 Å². The topological polar surface area (TPSA) is 17.0 Å². The molecule has 102 valence electrons. The average Bonchev–Trinajstić information content (AvgIpc) is 2.82. The van der Waals surface area contributed by atoms with Crippen molar-refractivity contribution in [2.45, 2.75) is 26.4 Å². The molecule has 2 rings (SSSR count). The van der Waals surface area contributed by atoms with E-state index >= 15 is 0 Å². The van der Waals surface area contributed by atoms with Gasteiger partial charge in [0.25, 0.3) is 0 Å². The van der Waals surface area contributed by atoms with Crippen LogP contribution < -0.4 is 5.32 Å². The van der Waals surface area contributed by atoms with Crippen molar-refractivity contribution in [1.29, 1.82) is 0 Å². The zero-order chi connectivity index (χ0) is 13.7. The Morgan fingerprint density at radius 2 is 2.16 bits per heavy atom. The predicted molar refractivity (Wildman–Crippen MR) is 79.6 cm³/mol. The molecule has 0 amide bonds. The summed E-state index contributed by atoms with van der Waals surface area (Å²) in [6.07, 6.45) is 3.10. The predicted octanol–water partition coefficient (Wildman–Crippen LogP) is 3.94. The fourth-order valence-electron chi connectivity index (χ4n) is 2.01. The van der Waals surface area contributed by atoms with Crippen molar-refractivity contribution in [2.75, 3.05) is 6.54 Å². The maximum Gasteiger partial charge on any atom is 0.128 e. The van der Waals surface area contributed by atoms with Crippen LogP contribution in [-0.2, 0) is 13.1 Å². The molecule has 0 fully saturated rings. The van der Waals surface area contributed by atoms with Crippen molar-refractivity contribution in [3.63, 3.8) is 0 Å². The van der Waals surface area contributed by atoms with Crippen molar-refractivity contribution in [2.24, 2.45) is 0 Å². The fourth-order valence-corrected chi connectivity index (χ4v) is 2.41. The third kappa shape index (κ3) is 3.91. The molecule has 1 heterocycles. The summed E-state index contributed by atoms with van der Waals surface area (Å²) in [6.45, 7) is 4.51. The molecule has 0 aliphatic rings. The SMILES string of the molecule is CCCNCc1cccn1Cc1cc(Br)ccc1F. The monoisotopic (exact) mass is 324 g/mol. The van der Waals surface area contributed by atoms with Gasteiger partial charge in [-0.1, -0.05) is 22.9 Å². The second kappa shape index (κ2) is 6.87. The molecule has 0 unspecified atom stereocenters. The normalized spacial score (nSPS) is 10.9. The second-order valence-corrected chi connectivity index (χ2v) is 5.46. The third-order valence-electron chi connectivity index (χ3n) is 3.00. The zero-order valence-electron chi connectivity index (χ0n) is 11.0. The van der Waals surface area contributed by atoms with Gasteiger partial charge in [-0.3, -0.25) is 0 Å². The van der Waals surface area contributed by atoms with Crippen LogP contribution in [0.2, 0.25) is 0 Å². The number of nitrogens with one attached hydrogen (secondary N) is 1. The van der Waals surface area contributed by atoms with E-state index in [0.29, 0.717) is 12.1 Å². The van der Waals surface area contributed by atoms with Gasteiger partial charge in [0.2, 0.25) is 0 Å². The van der Waals surface area contributed by atoms with Gasteiger partial charge < -0.3 is 9.88 Å². The molecule has 1 aromatic heterocycles. The van der Waals surface area contributed by atoms with Crippen LogP contribution >= 0.6 is 15.9 Å². The second-order valence-electron chi connectivity index (χ2n) is 4.54. The molecule has 0 saturated carbocycles. The van der Waals surface area contributed by atoms with Crippen LogP contribution in [0.1, 0.15) is 24.6 Å². The first kappa shape index (κ1) is 14.3. The minimum absolute atomic E-state index is 0.163. The molecule has 0 bridgehead atoms. The van der Waals surface area contributed by atoms with Gasteiger partial charge in [-0.25, -0.2) is 4.39 Å². The Morgan fingerprint density at radius 3 is 2.95 bits per heavy atom. The van der Waals surface area contributed by atoms with E-state index in [-0.39, 0.29) is 5.82 Å². The van der Waals surface area contributed by atoms with E-state index in [4.69, 9.17) is 0 Å². The van der Waals surface area contributed by atoms with E-state index in [1.807, 2.05) is 18.3 Å². The molecule has 0 saturated heterocycles. The Bertz CT molecular complexity index is 537. The van der Waals surface area contributed by atoms with Crippen LogP contribution in [0.3, 0.4) is 0 Å². The van der Waals surface area contributed by atoms with Crippen molar-refractivity contribution in [3.05, 3.63) is 58.1 Å². The third-order valence-corrected chi connectivity index (χ3v) is 3.50. The number of aromatic nitrogens is 1. The van der Waals surface area contributed by atoms with Gasteiger partial charge in [0.1, 0.15) is 5.82 Å². The molecule has 0 aliphatic carbocycles. The standard InChI is InChI=1S/C15H18BrFN2/c1-2-7-18-10-14-4-3-8-19(14)11-12-9-13(16)5-6-15(12)17/h3-6,8-9,18H,2,7,10-11H2,1H3. The van der Waals surface area contributed by atoms with Crippen LogP contribution in [0, 0.1) is 5.82 Å². The highest BCUT2D eigenvalue weighted by Gasteiger charge is 2.06. The number of rotatable bonds is 6. The lowest BCUT2D eigenvalue weighted by Gasteiger charge is -2.11. The van der Waals surface area contributed by atoms with Gasteiger partial charge in [-0.05, 0) is 43.3 Å². The van der Waals surface area contributed by atoms with Gasteiger partial charge in [0.15, 0.2) is 0 Å². The quantitative estimate of drug-likeness (QED) is 0.796. The summed E-state index contributed by atoms with van der Waals surface area (Å²) >= 11 is 3.38. The summed E-state index contributed by atoms with van der Waals surface area (Å²) in [7, 11) is 0. The van der Waals surface area contributed by atoms with Crippen LogP contribution in [0.25, 0.3) is 0 Å². The lowest BCUT2D eigenvalue weighted by Crippen LogP contribution is -2.17. The highest BCUT2D eigenvalue weighted by atomic mass is 79.9. The molecule has 0 aliphatic heterocycles. The Morgan fingerprint density at radius 1 is 1.32 bits per heavy atom. The smallest absolute Gasteiger partial charge is 0.128 e. The van der Waals surface area contributed by atoms with E-state index in [0.717, 1.165) is 24.0 Å². The lowest BCUT2D eigenvalue weighted by molar-refractivity contribution is 0.586. The maximum atomic E-state index is 13.8. The molecule has 19 heavy (non-hydrogen) atoms. The van der Waals surface area contributed by atoms with Crippen molar-refractivity contribution in [1.82, 2.24) is 9.88 Å². The molecule has 0 atom stereocenters. The highest BCUT2D eigenvalue weighted by molar-refractivity contribution is 9.10. The van der Waals surface area contributed by atoms with E-state index in [9.17, 15) is 4.39 Å². The van der Waals surface area contributed by atoms with Crippen LogP contribution in [0.5, 0.6) is 0 Å². The number of halogens is 2. The van der Waals surface area contributed by atoms with Crippen LogP contribution in [-0.4, -0.2) is 11.1 Å². The Labute approximate surface area is 121 Å². The first-order valence-corrected chi connectivity index (χ1v) is 7.28. The summed E-state index contributed by atoms with van der Waals surface area (Å²) in [4.78, 5) is 0. The number of hydrogen-bond acceptors (Lipinski definition) is 1. The van der Waals surface area contributed by atoms with Crippen LogP contribution in [0.15, 0.2) is 41.0 Å². The molecular formula is C15H18BrFN2. The van der Waals surface area contributed by atoms with Crippen molar-refractivity contribution < 1.29 is 4.39 Å². The minimum Gasteiger partial charge on any atom is -0.346 e. The van der Waals surface area contributed by atoms with Gasteiger partial charge in [-0.15, -0.1) is 0 Å². The number of hydrogen-bond donors (Lipinski definition) is 1. The molecule has 2 nitrogen and oxygen atoms in total. The Kier molecular flexibility index (Phi) is 5.16. The summed E-state index contributed by atoms with van der Waals surface area (Å²) in [5.41, 5.74) is 1.87. The molecule has 1 aromatic carbocycles. The summed E-state index contributed by atoms with van der Waals surface area (Å²) in [6, 6.07) is 9.12. The van der Waals surface area contributed by atoms with Gasteiger partial charge >= 0.3 is 0 Å². The number of benzene rings is 1. The molecule has 2 aromatic rings. The molecule has 0 radical (unpaired) electrons. The van der Waals surface area contributed by atoms with Crippen molar-refractivity contribution >= 4 is 15.9 Å².